The predicted octanol–water partition coefficient (Wildman–Crippen LogP) is 9.16. The molecule has 2 aliphatic carbocycles. The molecule has 1 aromatic carbocycles. The molecule has 0 bridgehead atoms. The number of hydrogen-bond donors (Lipinski definition) is 0. The van der Waals surface area contributed by atoms with Gasteiger partial charge in [0.1, 0.15) is 11.8 Å². The minimum absolute atomic E-state index is 0.155. The fourth-order valence-electron chi connectivity index (χ4n) is 5.60. The molecule has 186 valence electrons. The monoisotopic (exact) mass is 477 g/mol. The minimum Gasteiger partial charge on any atom is -0.406 e. The van der Waals surface area contributed by atoms with Crippen molar-refractivity contribution in [1.29, 1.82) is 5.26 Å². The smallest absolute Gasteiger partial charge is 0.406 e. The number of halogens is 4. The summed E-state index contributed by atoms with van der Waals surface area (Å²) in [5.41, 5.74) is 1.12. The van der Waals surface area contributed by atoms with E-state index in [1.54, 1.807) is 18.2 Å². The number of nitrogens with zero attached hydrogens (tertiary/aromatic N) is 1. The molecule has 0 spiro atoms. The molecule has 34 heavy (non-hydrogen) atoms. The summed E-state index contributed by atoms with van der Waals surface area (Å²) in [6.45, 7) is 0. The van der Waals surface area contributed by atoms with Gasteiger partial charge in [-0.2, -0.15) is 9.65 Å². The lowest BCUT2D eigenvalue weighted by atomic mass is 9.76. The van der Waals surface area contributed by atoms with Gasteiger partial charge in [0.15, 0.2) is 5.83 Å². The van der Waals surface area contributed by atoms with Crippen molar-refractivity contribution < 1.29 is 22.3 Å². The maximum Gasteiger partial charge on any atom is 0.573 e. The lowest BCUT2D eigenvalue weighted by Crippen LogP contribution is -2.17. The Hall–Kier alpha value is -2.29. The van der Waals surface area contributed by atoms with E-state index in [0.717, 1.165) is 43.1 Å². The van der Waals surface area contributed by atoms with Gasteiger partial charge in [-0.15, -0.1) is 13.2 Å². The molecule has 0 amide bonds. The summed E-state index contributed by atoms with van der Waals surface area (Å²) in [4.78, 5) is 0. The maximum atomic E-state index is 12.8. The van der Waals surface area contributed by atoms with E-state index in [2.05, 4.69) is 4.74 Å². The number of unbranched alkanes of at least 4 members (excludes halogenated alkanes) is 1. The van der Waals surface area contributed by atoms with Crippen molar-refractivity contribution in [3.63, 3.8) is 0 Å². The van der Waals surface area contributed by atoms with Crippen LogP contribution in [0.3, 0.4) is 0 Å². The zero-order valence-corrected chi connectivity index (χ0v) is 19.7. The van der Waals surface area contributed by atoms with Crippen LogP contribution in [-0.2, 0) is 0 Å². The number of hydrogen-bond acceptors (Lipinski definition) is 2. The molecule has 2 aliphatic rings. The van der Waals surface area contributed by atoms with Gasteiger partial charge in [0.2, 0.25) is 0 Å². The van der Waals surface area contributed by atoms with Crippen LogP contribution >= 0.6 is 0 Å². The Morgan fingerprint density at radius 3 is 2.00 bits per heavy atom. The summed E-state index contributed by atoms with van der Waals surface area (Å²) in [5, 5.41) is 8.43. The first-order valence-corrected chi connectivity index (χ1v) is 12.6. The van der Waals surface area contributed by atoms with Crippen molar-refractivity contribution in [2.24, 2.45) is 17.8 Å². The second kappa shape index (κ2) is 13.0. The van der Waals surface area contributed by atoms with Gasteiger partial charge in [-0.05, 0) is 98.8 Å². The van der Waals surface area contributed by atoms with Crippen LogP contribution in [0, 0.1) is 29.1 Å². The van der Waals surface area contributed by atoms with Crippen molar-refractivity contribution in [2.75, 3.05) is 0 Å². The number of nitriles is 1. The third-order valence-electron chi connectivity index (χ3n) is 7.53. The Balaban J connectivity index is 1.27. The van der Waals surface area contributed by atoms with Crippen molar-refractivity contribution in [3.8, 4) is 11.8 Å². The molecule has 2 saturated carbocycles. The van der Waals surface area contributed by atoms with Crippen LogP contribution in [0.1, 0.15) is 88.5 Å². The van der Waals surface area contributed by atoms with Gasteiger partial charge in [-0.1, -0.05) is 50.0 Å². The highest BCUT2D eigenvalue weighted by molar-refractivity contribution is 5.29. The largest absolute Gasteiger partial charge is 0.573 e. The summed E-state index contributed by atoms with van der Waals surface area (Å²) in [7, 11) is 0. The van der Waals surface area contributed by atoms with Crippen molar-refractivity contribution in [2.45, 2.75) is 89.3 Å². The van der Waals surface area contributed by atoms with E-state index in [1.807, 2.05) is 6.08 Å². The molecule has 0 saturated heterocycles. The maximum absolute atomic E-state index is 12.8. The number of allylic oxidation sites excluding steroid dienone is 4. The number of rotatable bonds is 9. The quantitative estimate of drug-likeness (QED) is 0.154. The van der Waals surface area contributed by atoms with Gasteiger partial charge in [0, 0.05) is 0 Å². The van der Waals surface area contributed by atoms with E-state index >= 15 is 0 Å². The standard InChI is InChI=1S/C28H35F4NO/c29-26(20-33)7-3-6-23-10-8-21(9-11-23)4-1-2-5-22-12-14-24(15-13-22)25-16-18-27(19-17-25)34-28(30,31)32/h3,6-7,16-19,21-24H,1-2,4-5,8-15H2. The van der Waals surface area contributed by atoms with Crippen LogP contribution in [-0.4, -0.2) is 6.36 Å². The van der Waals surface area contributed by atoms with E-state index in [-0.39, 0.29) is 5.75 Å². The molecule has 0 radical (unpaired) electrons. The third-order valence-corrected chi connectivity index (χ3v) is 7.53. The molecule has 2 nitrogen and oxygen atoms in total. The van der Waals surface area contributed by atoms with Crippen molar-refractivity contribution >= 4 is 0 Å². The van der Waals surface area contributed by atoms with Gasteiger partial charge in [0.05, 0.1) is 0 Å². The number of ether oxygens (including phenoxy) is 1. The van der Waals surface area contributed by atoms with Crippen LogP contribution in [0.15, 0.2) is 48.3 Å². The van der Waals surface area contributed by atoms with E-state index in [9.17, 15) is 17.6 Å². The summed E-state index contributed by atoms with van der Waals surface area (Å²) in [6.07, 6.45) is 14.8. The molecule has 3 rings (SSSR count). The van der Waals surface area contributed by atoms with Crippen molar-refractivity contribution in [3.05, 3.63) is 53.9 Å². The Morgan fingerprint density at radius 1 is 0.912 bits per heavy atom. The molecule has 0 atom stereocenters. The molecule has 1 aromatic rings. The molecule has 0 aliphatic heterocycles. The average molecular weight is 478 g/mol. The summed E-state index contributed by atoms with van der Waals surface area (Å²) in [6, 6.07) is 7.88. The zero-order valence-electron chi connectivity index (χ0n) is 19.7. The Bertz CT molecular complexity index is 837. The fraction of sp³-hybridized carbons (Fsp3) is 0.607. The van der Waals surface area contributed by atoms with Crippen LogP contribution in [0.4, 0.5) is 17.6 Å². The van der Waals surface area contributed by atoms with E-state index in [4.69, 9.17) is 5.26 Å². The average Bonchev–Trinajstić information content (AvgIpc) is 2.82. The first-order chi connectivity index (χ1) is 16.3. The second-order valence-corrected chi connectivity index (χ2v) is 9.91. The topological polar surface area (TPSA) is 33.0 Å². The molecular weight excluding hydrogens is 442 g/mol. The summed E-state index contributed by atoms with van der Waals surface area (Å²) < 4.78 is 53.7. The fourth-order valence-corrected chi connectivity index (χ4v) is 5.60. The lowest BCUT2D eigenvalue weighted by Gasteiger charge is -2.29. The molecule has 0 aromatic heterocycles. The van der Waals surface area contributed by atoms with Gasteiger partial charge in [-0.3, -0.25) is 0 Å². The SMILES string of the molecule is N#CC(F)=CC=CC1CCC(CCCCC2CCC(c3ccc(OC(F)(F)F)cc3)CC2)CC1. The van der Waals surface area contributed by atoms with Gasteiger partial charge >= 0.3 is 6.36 Å². The minimum atomic E-state index is -4.64. The van der Waals surface area contributed by atoms with Crippen LogP contribution in [0.25, 0.3) is 0 Å². The molecule has 0 N–H and O–H groups in total. The molecule has 6 heteroatoms. The number of benzene rings is 1. The van der Waals surface area contributed by atoms with Gasteiger partial charge in [0.25, 0.3) is 0 Å². The molecule has 0 unspecified atom stereocenters. The van der Waals surface area contributed by atoms with Crippen LogP contribution < -0.4 is 4.74 Å². The van der Waals surface area contributed by atoms with Gasteiger partial charge in [-0.25, -0.2) is 0 Å². The molecule has 2 fully saturated rings. The van der Waals surface area contributed by atoms with E-state index in [0.29, 0.717) is 11.8 Å². The van der Waals surface area contributed by atoms with Gasteiger partial charge < -0.3 is 4.74 Å². The van der Waals surface area contributed by atoms with E-state index < -0.39 is 12.2 Å². The highest BCUT2D eigenvalue weighted by Crippen LogP contribution is 2.39. The van der Waals surface area contributed by atoms with Crippen molar-refractivity contribution in [1.82, 2.24) is 0 Å². The highest BCUT2D eigenvalue weighted by Gasteiger charge is 2.31. The van der Waals surface area contributed by atoms with Crippen LogP contribution in [0.5, 0.6) is 5.75 Å². The van der Waals surface area contributed by atoms with Crippen LogP contribution in [0.2, 0.25) is 0 Å². The molecule has 0 heterocycles. The predicted molar refractivity (Wildman–Crippen MR) is 126 cm³/mol. The lowest BCUT2D eigenvalue weighted by molar-refractivity contribution is -0.274. The Morgan fingerprint density at radius 2 is 1.47 bits per heavy atom. The highest BCUT2D eigenvalue weighted by atomic mass is 19.4. The normalized spacial score (nSPS) is 26.4. The summed E-state index contributed by atoms with van der Waals surface area (Å²) in [5.74, 6) is 1.61. The first-order valence-electron chi connectivity index (χ1n) is 12.6. The number of alkyl halides is 3. The third kappa shape index (κ3) is 9.16. The second-order valence-electron chi connectivity index (χ2n) is 9.91. The van der Waals surface area contributed by atoms with E-state index in [1.165, 1.54) is 75.6 Å². The molecular formula is C28H35F4NO. The zero-order chi connectivity index (χ0) is 24.4. The first kappa shape index (κ1) is 26.3. The summed E-state index contributed by atoms with van der Waals surface area (Å²) >= 11 is 0. The Labute approximate surface area is 200 Å². The Kier molecular flexibility index (Phi) is 10.0.